The molecule has 0 aromatic heterocycles. The Morgan fingerprint density at radius 2 is 1.13 bits per heavy atom. The van der Waals surface area contributed by atoms with E-state index in [1.54, 1.807) is 85.9 Å². The number of amides is 10. The Labute approximate surface area is 516 Å². The Morgan fingerprint density at radius 3 is 1.70 bits per heavy atom. The predicted molar refractivity (Wildman–Crippen MR) is 333 cm³/mol. The Morgan fingerprint density at radius 1 is 0.621 bits per heavy atom. The number of nitrogens with two attached hydrogens (primary N) is 2. The number of aliphatic hydroxyl groups is 1. The summed E-state index contributed by atoms with van der Waals surface area (Å²) in [7, 11) is 3.65. The number of benzene rings is 5. The van der Waals surface area contributed by atoms with Crippen LogP contribution in [-0.4, -0.2) is 148 Å². The third kappa shape index (κ3) is 22.4. The van der Waals surface area contributed by atoms with Gasteiger partial charge in [-0.2, -0.15) is 0 Å². The molecular formula is C60H73ClN12O12S2. The lowest BCUT2D eigenvalue weighted by atomic mass is 10.0. The van der Waals surface area contributed by atoms with Gasteiger partial charge in [-0.15, -0.1) is 0 Å². The van der Waals surface area contributed by atoms with Crippen molar-refractivity contribution in [1.29, 1.82) is 0 Å². The first-order chi connectivity index (χ1) is 41.6. The number of hydrogen-bond acceptors (Lipinski definition) is 16. The Kier molecular flexibility index (Phi) is 26.5. The van der Waals surface area contributed by atoms with Crippen molar-refractivity contribution in [2.24, 2.45) is 11.5 Å². The average Bonchev–Trinajstić information content (AvgIpc) is 3.58. The van der Waals surface area contributed by atoms with Crippen molar-refractivity contribution in [2.75, 3.05) is 35.7 Å². The molecule has 10 amide bonds. The SMILES string of the molecule is CNCCCC[C@@H]1NC(=O)[C@@H](Cc2ccc(NC(=O)Nc3ccccc3)cc2)NC(=O)[C@H](Cc2ccc(O)cc2)NC(=O)[C@H](NC(=O)[C@@H](N)Cc2ccc(Cl)cc2)CSSC[C@@H](C(=O)NC(Cc2ccc(O)cc2)C(N)=O)NC(=O)[C@H]([C@@H](C)O)NC1=O. The van der Waals surface area contributed by atoms with Gasteiger partial charge in [0, 0.05) is 47.2 Å². The molecule has 464 valence electrons. The third-order valence-corrected chi connectivity index (χ3v) is 16.4. The lowest BCUT2D eigenvalue weighted by Gasteiger charge is -2.29. The number of primary amides is 1. The molecule has 87 heavy (non-hydrogen) atoms. The number of anilines is 2. The molecule has 1 aliphatic rings. The fourth-order valence-corrected chi connectivity index (χ4v) is 11.4. The molecule has 17 N–H and O–H groups in total. The number of phenols is 2. The minimum absolute atomic E-state index is 0.0100. The van der Waals surface area contributed by atoms with Crippen LogP contribution in [0.25, 0.3) is 0 Å². The zero-order valence-electron chi connectivity index (χ0n) is 47.8. The van der Waals surface area contributed by atoms with Crippen LogP contribution >= 0.6 is 33.2 Å². The molecule has 0 aliphatic carbocycles. The number of rotatable bonds is 21. The number of carbonyl (C=O) groups is 9. The van der Waals surface area contributed by atoms with E-state index in [4.69, 9.17) is 23.1 Å². The van der Waals surface area contributed by atoms with E-state index in [9.17, 15) is 58.5 Å². The van der Waals surface area contributed by atoms with Gasteiger partial charge in [-0.05, 0) is 129 Å². The van der Waals surface area contributed by atoms with E-state index in [0.717, 1.165) is 21.6 Å². The lowest BCUT2D eigenvalue weighted by Crippen LogP contribution is -2.62. The van der Waals surface area contributed by atoms with Gasteiger partial charge in [-0.3, -0.25) is 38.4 Å². The maximum atomic E-state index is 15.0. The molecule has 9 atom stereocenters. The van der Waals surface area contributed by atoms with Crippen molar-refractivity contribution in [3.05, 3.63) is 155 Å². The number of aromatic hydroxyl groups is 2. The normalized spacial score (nSPS) is 20.1. The van der Waals surface area contributed by atoms with Crippen LogP contribution < -0.4 is 64.6 Å². The highest BCUT2D eigenvalue weighted by molar-refractivity contribution is 8.76. The molecule has 0 spiro atoms. The van der Waals surface area contributed by atoms with Gasteiger partial charge in [0.1, 0.15) is 53.8 Å². The highest BCUT2D eigenvalue weighted by Crippen LogP contribution is 2.25. The Hall–Kier alpha value is -8.40. The van der Waals surface area contributed by atoms with Crippen LogP contribution in [0.3, 0.4) is 0 Å². The van der Waals surface area contributed by atoms with Gasteiger partial charge >= 0.3 is 6.03 Å². The number of carbonyl (C=O) groups excluding carboxylic acids is 9. The van der Waals surface area contributed by atoms with Crippen LogP contribution in [0.2, 0.25) is 5.02 Å². The zero-order chi connectivity index (χ0) is 63.0. The van der Waals surface area contributed by atoms with Crippen molar-refractivity contribution >= 4 is 97.9 Å². The van der Waals surface area contributed by atoms with Crippen LogP contribution in [-0.2, 0) is 64.0 Å². The van der Waals surface area contributed by atoms with Crippen molar-refractivity contribution in [3.8, 4) is 11.5 Å². The smallest absolute Gasteiger partial charge is 0.323 e. The average molecular weight is 1250 g/mol. The highest BCUT2D eigenvalue weighted by atomic mass is 35.5. The van der Waals surface area contributed by atoms with Crippen LogP contribution in [0.15, 0.2) is 127 Å². The summed E-state index contributed by atoms with van der Waals surface area (Å²) in [4.78, 5) is 128. The minimum atomic E-state index is -1.75. The molecule has 1 fully saturated rings. The molecular weight excluding hydrogens is 1180 g/mol. The first kappa shape index (κ1) is 67.7. The summed E-state index contributed by atoms with van der Waals surface area (Å²) in [6.45, 7) is 1.75. The summed E-state index contributed by atoms with van der Waals surface area (Å²) in [5, 5.41) is 58.7. The third-order valence-electron chi connectivity index (χ3n) is 13.8. The first-order valence-electron chi connectivity index (χ1n) is 27.9. The number of para-hydroxylation sites is 1. The molecule has 5 aromatic rings. The van der Waals surface area contributed by atoms with Crippen LogP contribution in [0.5, 0.6) is 11.5 Å². The number of aliphatic hydroxyl groups excluding tert-OH is 1. The van der Waals surface area contributed by atoms with E-state index in [-0.39, 0.29) is 55.1 Å². The first-order valence-corrected chi connectivity index (χ1v) is 30.8. The molecule has 1 aliphatic heterocycles. The number of halogens is 1. The second-order valence-corrected chi connectivity index (χ2v) is 23.7. The van der Waals surface area contributed by atoms with Crippen molar-refractivity contribution < 1.29 is 58.5 Å². The van der Waals surface area contributed by atoms with Crippen molar-refractivity contribution in [3.63, 3.8) is 0 Å². The van der Waals surface area contributed by atoms with Gasteiger partial charge in [0.15, 0.2) is 0 Å². The topological polar surface area (TPSA) is 387 Å². The summed E-state index contributed by atoms with van der Waals surface area (Å²) >= 11 is 6.10. The predicted octanol–water partition coefficient (Wildman–Crippen LogP) is 2.04. The molecule has 6 rings (SSSR count). The molecule has 1 unspecified atom stereocenters. The van der Waals surface area contributed by atoms with E-state index in [0.29, 0.717) is 58.0 Å². The van der Waals surface area contributed by atoms with Gasteiger partial charge in [-0.1, -0.05) is 99.9 Å². The summed E-state index contributed by atoms with van der Waals surface area (Å²) in [5.41, 5.74) is 15.2. The number of hydrogen-bond donors (Lipinski definition) is 15. The molecule has 1 saturated heterocycles. The largest absolute Gasteiger partial charge is 0.508 e. The fraction of sp³-hybridized carbons (Fsp3) is 0.350. The molecule has 5 aromatic carbocycles. The number of urea groups is 1. The molecule has 24 nitrogen and oxygen atoms in total. The fourth-order valence-electron chi connectivity index (χ4n) is 8.92. The van der Waals surface area contributed by atoms with Crippen LogP contribution in [0.4, 0.5) is 16.2 Å². The minimum Gasteiger partial charge on any atom is -0.508 e. The van der Waals surface area contributed by atoms with Gasteiger partial charge in [0.05, 0.1) is 12.1 Å². The molecule has 0 saturated carbocycles. The molecule has 0 bridgehead atoms. The van der Waals surface area contributed by atoms with E-state index in [1.807, 2.05) is 0 Å². The Balaban J connectivity index is 1.38. The summed E-state index contributed by atoms with van der Waals surface area (Å²) in [6, 6.07) is 21.1. The highest BCUT2D eigenvalue weighted by Gasteiger charge is 2.36. The van der Waals surface area contributed by atoms with Crippen molar-refractivity contribution in [1.82, 2.24) is 42.5 Å². The van der Waals surface area contributed by atoms with E-state index >= 15 is 0 Å². The maximum Gasteiger partial charge on any atom is 0.323 e. The van der Waals surface area contributed by atoms with Crippen LogP contribution in [0, 0.1) is 0 Å². The number of phenolic OH excluding ortho intramolecular Hbond substituents is 2. The zero-order valence-corrected chi connectivity index (χ0v) is 50.1. The standard InChI is InChI=1S/C60H73ClN12O12S2/c1-34(74)51-59(84)72-50(57(82)68-46(52(63)77)29-37-15-23-42(75)24-16-37)33-87-86-32-49(71-53(78)44(62)28-35-11-19-39(61)20-12-35)58(83)70-48(31-38-17-25-43(76)26-18-38)56(81)69-47(55(80)67-45(54(79)73-51)10-6-7-27-64-2)30-36-13-21-41(22-14-36)66-60(85)65-40-8-4-3-5-9-40/h3-5,8-9,11-26,34,44-51,64,74-76H,6-7,10,27-33,62H2,1-2H3,(H2,63,77)(H,67,80)(H,68,82)(H,69,81)(H,70,83)(H,71,78)(H,72,84)(H,73,79)(H2,65,66,85)/t34-,44+,45+,46?,47-,48+,49-,50+,51+/m1/s1. The molecule has 1 heterocycles. The van der Waals surface area contributed by atoms with E-state index in [2.05, 4.69) is 53.2 Å². The Bertz CT molecular complexity index is 3140. The second-order valence-electron chi connectivity index (χ2n) is 20.7. The summed E-state index contributed by atoms with van der Waals surface area (Å²) in [5.74, 6) is -7.94. The molecule has 27 heteroatoms. The maximum absolute atomic E-state index is 15.0. The van der Waals surface area contributed by atoms with Gasteiger partial charge < -0.3 is 80.0 Å². The van der Waals surface area contributed by atoms with Crippen molar-refractivity contribution in [2.45, 2.75) is 106 Å². The number of nitrogens with one attached hydrogen (secondary N) is 10. The molecule has 0 radical (unpaired) electrons. The van der Waals surface area contributed by atoms with Gasteiger partial charge in [0.25, 0.3) is 0 Å². The summed E-state index contributed by atoms with van der Waals surface area (Å²) in [6.07, 6.45) is -1.29. The van der Waals surface area contributed by atoms with E-state index in [1.165, 1.54) is 55.5 Å². The van der Waals surface area contributed by atoms with Gasteiger partial charge in [-0.25, -0.2) is 4.79 Å². The van der Waals surface area contributed by atoms with E-state index < -0.39 is 108 Å². The number of unbranched alkanes of at least 4 members (excludes halogenated alkanes) is 1. The quantitative estimate of drug-likeness (QED) is 0.0369. The second kappa shape index (κ2) is 34.1. The van der Waals surface area contributed by atoms with Gasteiger partial charge in [0.2, 0.25) is 47.3 Å². The monoisotopic (exact) mass is 1250 g/mol. The summed E-state index contributed by atoms with van der Waals surface area (Å²) < 4.78 is 0. The lowest BCUT2D eigenvalue weighted by molar-refractivity contribution is -0.136. The van der Waals surface area contributed by atoms with Crippen LogP contribution in [0.1, 0.15) is 48.4 Å².